The van der Waals surface area contributed by atoms with E-state index in [-0.39, 0.29) is 9.90 Å². The Balaban J connectivity index is 0. The van der Waals surface area contributed by atoms with Crippen molar-refractivity contribution in [3.8, 4) is 0 Å². The fourth-order valence-corrected chi connectivity index (χ4v) is 2.03. The lowest BCUT2D eigenvalue weighted by molar-refractivity contribution is 0.768. The third-order valence-corrected chi connectivity index (χ3v) is 2.94. The summed E-state index contributed by atoms with van der Waals surface area (Å²) < 4.78 is 0. The molecule has 0 fully saturated rings. The summed E-state index contributed by atoms with van der Waals surface area (Å²) in [7, 11) is 0. The Labute approximate surface area is 85.9 Å². The van der Waals surface area contributed by atoms with Gasteiger partial charge < -0.3 is 0 Å². The van der Waals surface area contributed by atoms with Gasteiger partial charge in [0, 0.05) is 0 Å². The molecule has 0 bridgehead atoms. The lowest BCUT2D eigenvalue weighted by atomic mass is 10.3. The van der Waals surface area contributed by atoms with Crippen LogP contribution in [0.25, 0.3) is 0 Å². The molecule has 0 heterocycles. The summed E-state index contributed by atoms with van der Waals surface area (Å²) >= 11 is 2.13. The van der Waals surface area contributed by atoms with Gasteiger partial charge in [0.05, 0.1) is 0 Å². The van der Waals surface area contributed by atoms with Crippen molar-refractivity contribution in [1.82, 2.24) is 0 Å². The summed E-state index contributed by atoms with van der Waals surface area (Å²) in [6.07, 6.45) is 8.40. The van der Waals surface area contributed by atoms with Crippen molar-refractivity contribution in [2.45, 2.75) is 52.4 Å². The molecule has 1 unspecified atom stereocenters. The molecule has 12 heavy (non-hydrogen) atoms. The van der Waals surface area contributed by atoms with Crippen molar-refractivity contribution < 1.29 is 0 Å². The van der Waals surface area contributed by atoms with Crippen LogP contribution in [0.1, 0.15) is 52.4 Å². The van der Waals surface area contributed by atoms with Crippen LogP contribution in [0.3, 0.4) is 0 Å². The van der Waals surface area contributed by atoms with Crippen molar-refractivity contribution in [1.29, 1.82) is 0 Å². The standard InChI is InChI=1S/C10H22S.H3P/c1-3-5-7-9-11-10-8-6-4-2;/h3-10H2,1-2H3;1H3. The summed E-state index contributed by atoms with van der Waals surface area (Å²) in [5.74, 6) is 2.77. The van der Waals surface area contributed by atoms with Gasteiger partial charge in [-0.25, -0.2) is 0 Å². The minimum Gasteiger partial charge on any atom is -0.162 e. The molecule has 0 saturated heterocycles. The number of hydrogen-bond acceptors (Lipinski definition) is 1. The van der Waals surface area contributed by atoms with E-state index in [2.05, 4.69) is 25.6 Å². The number of unbranched alkanes of at least 4 members (excludes halogenated alkanes) is 4. The van der Waals surface area contributed by atoms with E-state index in [9.17, 15) is 0 Å². The van der Waals surface area contributed by atoms with Gasteiger partial charge in [-0.15, -0.1) is 0 Å². The molecule has 0 amide bonds. The average Bonchev–Trinajstić information content (AvgIpc) is 2.03. The lowest BCUT2D eigenvalue weighted by Crippen LogP contribution is -1.83. The fraction of sp³-hybridized carbons (Fsp3) is 1.00. The van der Waals surface area contributed by atoms with Crippen LogP contribution in [0.4, 0.5) is 0 Å². The van der Waals surface area contributed by atoms with E-state index in [0.29, 0.717) is 0 Å². The third kappa shape index (κ3) is 13.4. The Kier molecular flexibility index (Phi) is 18.2. The first-order chi connectivity index (χ1) is 5.41. The highest BCUT2D eigenvalue weighted by Crippen LogP contribution is 2.09. The van der Waals surface area contributed by atoms with Gasteiger partial charge >= 0.3 is 0 Å². The third-order valence-electron chi connectivity index (χ3n) is 1.78. The first-order valence-electron chi connectivity index (χ1n) is 4.99. The Hall–Kier alpha value is 0.780. The van der Waals surface area contributed by atoms with E-state index < -0.39 is 0 Å². The van der Waals surface area contributed by atoms with Gasteiger partial charge in [-0.1, -0.05) is 39.5 Å². The Morgan fingerprint density at radius 2 is 1.17 bits per heavy atom. The minimum atomic E-state index is 0. The molecule has 0 rings (SSSR count). The molecular formula is C10H25PS. The second-order valence-corrected chi connectivity index (χ2v) is 4.25. The quantitative estimate of drug-likeness (QED) is 0.426. The maximum atomic E-state index is 2.27. The summed E-state index contributed by atoms with van der Waals surface area (Å²) in [5, 5.41) is 0. The van der Waals surface area contributed by atoms with E-state index in [1.165, 1.54) is 50.0 Å². The second kappa shape index (κ2) is 14.3. The highest BCUT2D eigenvalue weighted by molar-refractivity contribution is 7.99. The summed E-state index contributed by atoms with van der Waals surface area (Å²) in [4.78, 5) is 0. The zero-order valence-corrected chi connectivity index (χ0v) is 11.0. The van der Waals surface area contributed by atoms with Crippen LogP contribution >= 0.6 is 21.7 Å². The van der Waals surface area contributed by atoms with Gasteiger partial charge in [0.2, 0.25) is 0 Å². The van der Waals surface area contributed by atoms with Crippen LogP contribution in [0.2, 0.25) is 0 Å². The molecular weight excluding hydrogens is 183 g/mol. The molecule has 0 aliphatic carbocycles. The van der Waals surface area contributed by atoms with Crippen LogP contribution < -0.4 is 0 Å². The molecule has 2 heteroatoms. The van der Waals surface area contributed by atoms with E-state index in [4.69, 9.17) is 0 Å². The van der Waals surface area contributed by atoms with E-state index in [0.717, 1.165) is 0 Å². The van der Waals surface area contributed by atoms with Crippen molar-refractivity contribution >= 4 is 21.7 Å². The van der Waals surface area contributed by atoms with Crippen LogP contribution in [0.15, 0.2) is 0 Å². The number of rotatable bonds is 8. The normalized spacial score (nSPS) is 9.50. The molecule has 0 spiro atoms. The molecule has 0 radical (unpaired) electrons. The molecule has 0 saturated carbocycles. The number of hydrogen-bond donors (Lipinski definition) is 0. The summed E-state index contributed by atoms with van der Waals surface area (Å²) in [6.45, 7) is 4.53. The molecule has 0 nitrogen and oxygen atoms in total. The molecule has 0 aromatic carbocycles. The predicted octanol–water partition coefficient (Wildman–Crippen LogP) is 4.16. The smallest absolute Gasteiger partial charge is 0.00675 e. The highest BCUT2D eigenvalue weighted by atomic mass is 32.2. The Bertz CT molecular complexity index is 58.9. The first kappa shape index (κ1) is 15.3. The van der Waals surface area contributed by atoms with E-state index in [1.807, 2.05) is 0 Å². The van der Waals surface area contributed by atoms with Gasteiger partial charge in [0.15, 0.2) is 0 Å². The van der Waals surface area contributed by atoms with E-state index in [1.54, 1.807) is 0 Å². The minimum absolute atomic E-state index is 0. The number of thioether (sulfide) groups is 1. The lowest BCUT2D eigenvalue weighted by Gasteiger charge is -1.99. The van der Waals surface area contributed by atoms with Crippen LogP contribution in [-0.4, -0.2) is 11.5 Å². The molecule has 0 aromatic heterocycles. The van der Waals surface area contributed by atoms with Crippen molar-refractivity contribution in [3.05, 3.63) is 0 Å². The fourth-order valence-electron chi connectivity index (χ4n) is 1.01. The van der Waals surface area contributed by atoms with Crippen LogP contribution in [0.5, 0.6) is 0 Å². The van der Waals surface area contributed by atoms with Gasteiger partial charge in [-0.3, -0.25) is 0 Å². The van der Waals surface area contributed by atoms with Crippen molar-refractivity contribution in [3.63, 3.8) is 0 Å². The van der Waals surface area contributed by atoms with Crippen LogP contribution in [0, 0.1) is 0 Å². The molecule has 1 atom stereocenters. The van der Waals surface area contributed by atoms with E-state index >= 15 is 0 Å². The largest absolute Gasteiger partial charge is 0.162 e. The first-order valence-corrected chi connectivity index (χ1v) is 6.15. The van der Waals surface area contributed by atoms with Crippen molar-refractivity contribution in [2.75, 3.05) is 11.5 Å². The second-order valence-electron chi connectivity index (χ2n) is 3.03. The zero-order chi connectivity index (χ0) is 8.36. The molecule has 0 N–H and O–H groups in total. The molecule has 0 aromatic rings. The summed E-state index contributed by atoms with van der Waals surface area (Å²) in [6, 6.07) is 0. The molecule has 0 aliphatic heterocycles. The van der Waals surface area contributed by atoms with Crippen LogP contribution in [-0.2, 0) is 0 Å². The van der Waals surface area contributed by atoms with Gasteiger partial charge in [0.25, 0.3) is 0 Å². The Morgan fingerprint density at radius 1 is 0.750 bits per heavy atom. The predicted molar refractivity (Wildman–Crippen MR) is 67.5 cm³/mol. The molecule has 0 aliphatic rings. The average molecular weight is 208 g/mol. The maximum absolute atomic E-state index is 2.27. The SMILES string of the molecule is CCCCCSCCCCC.P. The Morgan fingerprint density at radius 3 is 1.50 bits per heavy atom. The highest BCUT2D eigenvalue weighted by Gasteiger charge is 1.88. The monoisotopic (exact) mass is 208 g/mol. The molecule has 76 valence electrons. The van der Waals surface area contributed by atoms with Gasteiger partial charge in [-0.05, 0) is 24.3 Å². The van der Waals surface area contributed by atoms with Crippen molar-refractivity contribution in [2.24, 2.45) is 0 Å². The van der Waals surface area contributed by atoms with Gasteiger partial charge in [-0.2, -0.15) is 21.7 Å². The zero-order valence-electron chi connectivity index (χ0n) is 8.77. The topological polar surface area (TPSA) is 0 Å². The van der Waals surface area contributed by atoms with Gasteiger partial charge in [0.1, 0.15) is 0 Å². The maximum Gasteiger partial charge on any atom is -0.00675 e. The summed E-state index contributed by atoms with van der Waals surface area (Å²) in [5.41, 5.74) is 0.